The lowest BCUT2D eigenvalue weighted by atomic mass is 9.84. The van der Waals surface area contributed by atoms with Crippen molar-refractivity contribution in [3.63, 3.8) is 0 Å². The van der Waals surface area contributed by atoms with Gasteiger partial charge >= 0.3 is 23.9 Å². The lowest BCUT2D eigenvalue weighted by molar-refractivity contribution is 0.0592. The van der Waals surface area contributed by atoms with Crippen molar-refractivity contribution in [2.24, 2.45) is 0 Å². The highest BCUT2D eigenvalue weighted by Gasteiger charge is 2.20. The van der Waals surface area contributed by atoms with E-state index in [4.69, 9.17) is 18.9 Å². The van der Waals surface area contributed by atoms with Crippen molar-refractivity contribution in [2.45, 2.75) is 13.8 Å². The van der Waals surface area contributed by atoms with Crippen molar-refractivity contribution in [1.29, 1.82) is 0 Å². The molecule has 0 saturated carbocycles. The Hall–Kier alpha value is -6.02. The maximum absolute atomic E-state index is 12.5. The Morgan fingerprint density at radius 3 is 0.750 bits per heavy atom. The van der Waals surface area contributed by atoms with Gasteiger partial charge in [-0.05, 0) is 105 Å². The third-order valence-electron chi connectivity index (χ3n) is 7.54. The second-order valence-electron chi connectivity index (χ2n) is 10.2. The zero-order chi connectivity index (χ0) is 34.8. The molecule has 244 valence electrons. The zero-order valence-corrected chi connectivity index (χ0v) is 27.7. The van der Waals surface area contributed by atoms with Crippen molar-refractivity contribution in [1.82, 2.24) is 0 Å². The first-order chi connectivity index (χ1) is 23.3. The largest absolute Gasteiger partial charge is 0.465 e. The summed E-state index contributed by atoms with van der Waals surface area (Å²) in [5.41, 5.74) is 7.22. The van der Waals surface area contributed by atoms with E-state index >= 15 is 0 Å². The molecule has 0 bridgehead atoms. The van der Waals surface area contributed by atoms with E-state index in [2.05, 4.69) is 0 Å². The number of esters is 4. The SMILES string of the molecule is CC.COC(=O)c1cccc(-c2cc(-c3cccc(C(=O)OC)c3)c(-c3cccc(C(=O)OC)c3)cc2-c2cccc(C(=O)OC)c2)c1. The van der Waals surface area contributed by atoms with E-state index in [9.17, 15) is 19.2 Å². The van der Waals surface area contributed by atoms with Crippen molar-refractivity contribution in [3.05, 3.63) is 131 Å². The molecule has 0 aliphatic rings. The van der Waals surface area contributed by atoms with E-state index in [1.807, 2.05) is 50.2 Å². The first kappa shape index (κ1) is 34.8. The second-order valence-corrected chi connectivity index (χ2v) is 10.2. The molecule has 0 aliphatic carbocycles. The van der Waals surface area contributed by atoms with Crippen LogP contribution in [-0.4, -0.2) is 52.3 Å². The van der Waals surface area contributed by atoms with Gasteiger partial charge in [0.2, 0.25) is 0 Å². The van der Waals surface area contributed by atoms with E-state index in [1.165, 1.54) is 28.4 Å². The summed E-state index contributed by atoms with van der Waals surface area (Å²) in [6.07, 6.45) is 0. The molecule has 48 heavy (non-hydrogen) atoms. The molecule has 0 heterocycles. The van der Waals surface area contributed by atoms with Gasteiger partial charge in [0.15, 0.2) is 0 Å². The first-order valence-electron chi connectivity index (χ1n) is 15.2. The molecule has 0 atom stereocenters. The molecule has 5 aromatic rings. The van der Waals surface area contributed by atoms with Crippen LogP contribution < -0.4 is 0 Å². The monoisotopic (exact) mass is 644 g/mol. The standard InChI is InChI=1S/C38H30O8.C2H6/c1-43-35(39)27-13-5-9-23(17-27)31-21-33(25-11-7-15-29(19-25)37(41)45-3)34(26-12-8-16-30(20-26)38(42)46-4)22-32(31)24-10-6-14-28(18-24)36(40)44-2;1-2/h5-22H,1-4H3;1-2H3. The number of hydrogen-bond donors (Lipinski definition) is 0. The first-order valence-corrected chi connectivity index (χ1v) is 15.2. The maximum atomic E-state index is 12.5. The minimum absolute atomic E-state index is 0.360. The van der Waals surface area contributed by atoms with Crippen LogP contribution in [0, 0.1) is 0 Å². The molecule has 5 rings (SSSR count). The quantitative estimate of drug-likeness (QED) is 0.122. The number of methoxy groups -OCH3 is 4. The summed E-state index contributed by atoms with van der Waals surface area (Å²) in [5.74, 6) is -1.95. The molecule has 0 aliphatic heterocycles. The average Bonchev–Trinajstić information content (AvgIpc) is 3.16. The van der Waals surface area contributed by atoms with Gasteiger partial charge < -0.3 is 18.9 Å². The van der Waals surface area contributed by atoms with Gasteiger partial charge in [-0.25, -0.2) is 19.2 Å². The highest BCUT2D eigenvalue weighted by atomic mass is 16.5. The number of hydrogen-bond acceptors (Lipinski definition) is 8. The third kappa shape index (κ3) is 7.50. The van der Waals surface area contributed by atoms with Gasteiger partial charge in [0.05, 0.1) is 50.7 Å². The van der Waals surface area contributed by atoms with Gasteiger partial charge in [-0.2, -0.15) is 0 Å². The molecule has 8 nitrogen and oxygen atoms in total. The highest BCUT2D eigenvalue weighted by molar-refractivity contribution is 6.00. The van der Waals surface area contributed by atoms with E-state index in [0.29, 0.717) is 44.5 Å². The molecule has 0 radical (unpaired) electrons. The van der Waals surface area contributed by atoms with Crippen LogP contribution in [0.15, 0.2) is 109 Å². The normalized spacial score (nSPS) is 10.2. The van der Waals surface area contributed by atoms with Crippen LogP contribution >= 0.6 is 0 Å². The molecule has 0 fully saturated rings. The molecule has 0 aromatic heterocycles. The molecule has 0 saturated heterocycles. The summed E-state index contributed by atoms with van der Waals surface area (Å²) in [5, 5.41) is 0. The van der Waals surface area contributed by atoms with E-state index in [0.717, 1.165) is 22.3 Å². The molecule has 8 heteroatoms. The second kappa shape index (κ2) is 16.0. The van der Waals surface area contributed by atoms with E-state index in [-0.39, 0.29) is 0 Å². The fraction of sp³-hybridized carbons (Fsp3) is 0.150. The fourth-order valence-electron chi connectivity index (χ4n) is 5.28. The molecule has 0 N–H and O–H groups in total. The minimum Gasteiger partial charge on any atom is -0.465 e. The summed E-state index contributed by atoms with van der Waals surface area (Å²) in [6, 6.07) is 32.1. The topological polar surface area (TPSA) is 105 Å². The number of carbonyl (C=O) groups is 4. The predicted octanol–water partition coefficient (Wildman–Crippen LogP) is 8.53. The average molecular weight is 645 g/mol. The summed E-state index contributed by atoms with van der Waals surface area (Å²) in [7, 11) is 5.29. The van der Waals surface area contributed by atoms with Gasteiger partial charge in [-0.1, -0.05) is 62.4 Å². The van der Waals surface area contributed by atoms with Gasteiger partial charge in [0, 0.05) is 0 Å². The maximum Gasteiger partial charge on any atom is 0.337 e. The number of ether oxygens (including phenoxy) is 4. The van der Waals surface area contributed by atoms with Crippen molar-refractivity contribution in [3.8, 4) is 44.5 Å². The molecular weight excluding hydrogens is 608 g/mol. The van der Waals surface area contributed by atoms with Crippen LogP contribution in [0.4, 0.5) is 0 Å². The number of rotatable bonds is 8. The summed E-state index contributed by atoms with van der Waals surface area (Å²) < 4.78 is 19.9. The van der Waals surface area contributed by atoms with Gasteiger partial charge in [0.25, 0.3) is 0 Å². The summed E-state index contributed by atoms with van der Waals surface area (Å²) in [4.78, 5) is 50.1. The van der Waals surface area contributed by atoms with Gasteiger partial charge in [-0.15, -0.1) is 0 Å². The Labute approximate surface area is 279 Å². The Kier molecular flexibility index (Phi) is 11.6. The molecule has 0 amide bonds. The lowest BCUT2D eigenvalue weighted by Gasteiger charge is -2.19. The molecule has 0 spiro atoms. The minimum atomic E-state index is -0.488. The van der Waals surface area contributed by atoms with Crippen LogP contribution in [0.2, 0.25) is 0 Å². The molecule has 0 unspecified atom stereocenters. The van der Waals surface area contributed by atoms with E-state index < -0.39 is 23.9 Å². The Bertz CT molecular complexity index is 1690. The lowest BCUT2D eigenvalue weighted by Crippen LogP contribution is -2.03. The number of carbonyl (C=O) groups excluding carboxylic acids is 4. The van der Waals surface area contributed by atoms with Crippen LogP contribution in [0.25, 0.3) is 44.5 Å². The third-order valence-corrected chi connectivity index (χ3v) is 7.54. The van der Waals surface area contributed by atoms with Crippen molar-refractivity contribution >= 4 is 23.9 Å². The summed E-state index contributed by atoms with van der Waals surface area (Å²) in [6.45, 7) is 4.00. The van der Waals surface area contributed by atoms with Crippen molar-refractivity contribution in [2.75, 3.05) is 28.4 Å². The van der Waals surface area contributed by atoms with Gasteiger partial charge in [0.1, 0.15) is 0 Å². The molecule has 5 aromatic carbocycles. The van der Waals surface area contributed by atoms with Gasteiger partial charge in [-0.3, -0.25) is 0 Å². The van der Waals surface area contributed by atoms with Crippen LogP contribution in [0.5, 0.6) is 0 Å². The Balaban J connectivity index is 0.00000255. The van der Waals surface area contributed by atoms with Crippen molar-refractivity contribution < 1.29 is 38.1 Å². The Morgan fingerprint density at radius 1 is 0.354 bits per heavy atom. The smallest absolute Gasteiger partial charge is 0.337 e. The van der Waals surface area contributed by atoms with Crippen LogP contribution in [0.1, 0.15) is 55.3 Å². The number of benzene rings is 5. The molecular formula is C40H36O8. The van der Waals surface area contributed by atoms with E-state index in [1.54, 1.807) is 72.8 Å². The fourth-order valence-corrected chi connectivity index (χ4v) is 5.28. The summed E-state index contributed by atoms with van der Waals surface area (Å²) >= 11 is 0. The zero-order valence-electron chi connectivity index (χ0n) is 27.7. The van der Waals surface area contributed by atoms with Crippen LogP contribution in [0.3, 0.4) is 0 Å². The predicted molar refractivity (Wildman–Crippen MR) is 185 cm³/mol. The van der Waals surface area contributed by atoms with Crippen LogP contribution in [-0.2, 0) is 18.9 Å². The highest BCUT2D eigenvalue weighted by Crippen LogP contribution is 2.43. The Morgan fingerprint density at radius 2 is 0.562 bits per heavy atom.